The zero-order chi connectivity index (χ0) is 13.4. The molecule has 0 amide bonds. The summed E-state index contributed by atoms with van der Waals surface area (Å²) < 4.78 is 5.72. The monoisotopic (exact) mass is 264 g/mol. The molecule has 4 heteroatoms. The first-order valence-corrected chi connectivity index (χ1v) is 7.29. The fourth-order valence-electron chi connectivity index (χ4n) is 3.80. The van der Waals surface area contributed by atoms with Gasteiger partial charge in [0.2, 0.25) is 0 Å². The van der Waals surface area contributed by atoms with Gasteiger partial charge in [-0.1, -0.05) is 24.6 Å². The third-order valence-corrected chi connectivity index (χ3v) is 4.67. The van der Waals surface area contributed by atoms with E-state index in [0.717, 1.165) is 13.0 Å². The van der Waals surface area contributed by atoms with E-state index in [9.17, 15) is 5.11 Å². The van der Waals surface area contributed by atoms with E-state index in [-0.39, 0.29) is 12.3 Å². The van der Waals surface area contributed by atoms with Crippen molar-refractivity contribution in [3.05, 3.63) is 23.8 Å². The molecule has 0 radical (unpaired) electrons. The lowest BCUT2D eigenvalue weighted by Gasteiger charge is -2.35. The summed E-state index contributed by atoms with van der Waals surface area (Å²) in [6.07, 6.45) is 10.9. The standard InChI is InChI=1S/C15H24N2O2/c1-16-14(11-6-8-12(18)9-7-11)17-10-4-3-5-13(17)15(16)19-2/h6-8,12-15,18H,3-5,9-10H2,1-2H3. The predicted octanol–water partition coefficient (Wildman–Crippen LogP) is 1.33. The van der Waals surface area contributed by atoms with Crippen LogP contribution < -0.4 is 0 Å². The van der Waals surface area contributed by atoms with Gasteiger partial charge in [0.25, 0.3) is 0 Å². The molecule has 1 N–H and O–H groups in total. The van der Waals surface area contributed by atoms with Crippen LogP contribution in [0.15, 0.2) is 23.8 Å². The Hall–Kier alpha value is -0.680. The first-order chi connectivity index (χ1) is 9.22. The Bertz CT molecular complexity index is 394. The first kappa shape index (κ1) is 13.3. The lowest BCUT2D eigenvalue weighted by atomic mass is 9.99. The molecule has 0 saturated carbocycles. The predicted molar refractivity (Wildman–Crippen MR) is 74.5 cm³/mol. The molecule has 106 valence electrons. The van der Waals surface area contributed by atoms with Gasteiger partial charge in [0.05, 0.1) is 18.3 Å². The van der Waals surface area contributed by atoms with Crippen molar-refractivity contribution in [3.63, 3.8) is 0 Å². The average Bonchev–Trinajstić information content (AvgIpc) is 2.71. The number of likely N-dealkylation sites (N-methyl/N-ethyl adjacent to an activating group) is 1. The molecule has 0 bridgehead atoms. The van der Waals surface area contributed by atoms with Crippen molar-refractivity contribution >= 4 is 0 Å². The Labute approximate surface area is 115 Å². The number of aliphatic hydroxyl groups excluding tert-OH is 1. The largest absolute Gasteiger partial charge is 0.389 e. The second-order valence-electron chi connectivity index (χ2n) is 5.83. The van der Waals surface area contributed by atoms with Crippen LogP contribution in [-0.2, 0) is 4.74 Å². The number of aliphatic hydroxyl groups is 1. The number of rotatable bonds is 2. The van der Waals surface area contributed by atoms with Crippen LogP contribution in [0.25, 0.3) is 0 Å². The van der Waals surface area contributed by atoms with Crippen molar-refractivity contribution in [1.82, 2.24) is 9.80 Å². The highest BCUT2D eigenvalue weighted by Gasteiger charge is 2.47. The van der Waals surface area contributed by atoms with Gasteiger partial charge < -0.3 is 9.84 Å². The molecule has 3 aliphatic rings. The minimum Gasteiger partial charge on any atom is -0.389 e. The number of hydrogen-bond donors (Lipinski definition) is 1. The number of hydrogen-bond acceptors (Lipinski definition) is 4. The Balaban J connectivity index is 1.85. The molecule has 4 atom stereocenters. The van der Waals surface area contributed by atoms with Gasteiger partial charge in [-0.25, -0.2) is 0 Å². The van der Waals surface area contributed by atoms with E-state index < -0.39 is 0 Å². The number of methoxy groups -OCH3 is 1. The minimum absolute atomic E-state index is 0.187. The van der Waals surface area contributed by atoms with Crippen LogP contribution in [0.2, 0.25) is 0 Å². The second-order valence-corrected chi connectivity index (χ2v) is 5.83. The van der Waals surface area contributed by atoms with Gasteiger partial charge >= 0.3 is 0 Å². The summed E-state index contributed by atoms with van der Waals surface area (Å²) in [7, 11) is 3.96. The maximum atomic E-state index is 9.58. The van der Waals surface area contributed by atoms with Crippen LogP contribution in [0.4, 0.5) is 0 Å². The highest BCUT2D eigenvalue weighted by Crippen LogP contribution is 2.36. The van der Waals surface area contributed by atoms with Gasteiger partial charge in [0.15, 0.2) is 0 Å². The molecule has 0 aromatic carbocycles. The van der Waals surface area contributed by atoms with Crippen LogP contribution >= 0.6 is 0 Å². The van der Waals surface area contributed by atoms with Crippen LogP contribution in [0.3, 0.4) is 0 Å². The highest BCUT2D eigenvalue weighted by atomic mass is 16.5. The second kappa shape index (κ2) is 5.37. The molecule has 0 aromatic rings. The molecule has 1 aliphatic carbocycles. The Morgan fingerprint density at radius 2 is 2.21 bits per heavy atom. The zero-order valence-electron chi connectivity index (χ0n) is 11.8. The molecule has 19 heavy (non-hydrogen) atoms. The fraction of sp³-hybridized carbons (Fsp3) is 0.733. The van der Waals surface area contributed by atoms with E-state index >= 15 is 0 Å². The van der Waals surface area contributed by atoms with Gasteiger partial charge in [-0.15, -0.1) is 0 Å². The average molecular weight is 264 g/mol. The van der Waals surface area contributed by atoms with Gasteiger partial charge in [-0.2, -0.15) is 0 Å². The van der Waals surface area contributed by atoms with Crippen molar-refractivity contribution in [2.45, 2.75) is 50.2 Å². The Morgan fingerprint density at radius 3 is 2.89 bits per heavy atom. The minimum atomic E-state index is -0.314. The molecule has 0 spiro atoms. The summed E-state index contributed by atoms with van der Waals surface area (Å²) in [5, 5.41) is 9.58. The smallest absolute Gasteiger partial charge is 0.127 e. The third kappa shape index (κ3) is 2.27. The van der Waals surface area contributed by atoms with Crippen molar-refractivity contribution < 1.29 is 9.84 Å². The summed E-state index contributed by atoms with van der Waals surface area (Å²) in [5.74, 6) is 0. The highest BCUT2D eigenvalue weighted by molar-refractivity contribution is 5.30. The molecule has 4 unspecified atom stereocenters. The summed E-state index contributed by atoms with van der Waals surface area (Å²) in [4.78, 5) is 4.91. The van der Waals surface area contributed by atoms with Crippen molar-refractivity contribution in [1.29, 1.82) is 0 Å². The van der Waals surface area contributed by atoms with Crippen LogP contribution in [0, 0.1) is 0 Å². The fourth-order valence-corrected chi connectivity index (χ4v) is 3.80. The number of piperidine rings is 1. The normalized spacial score (nSPS) is 40.3. The van der Waals surface area contributed by atoms with Crippen LogP contribution in [-0.4, -0.2) is 60.1 Å². The number of fused-ring (bicyclic) bond motifs is 1. The molecule has 4 nitrogen and oxygen atoms in total. The maximum Gasteiger partial charge on any atom is 0.127 e. The number of ether oxygens (including phenoxy) is 1. The van der Waals surface area contributed by atoms with Crippen molar-refractivity contribution in [2.75, 3.05) is 20.7 Å². The summed E-state index contributed by atoms with van der Waals surface area (Å²) >= 11 is 0. The molecule has 2 saturated heterocycles. The topological polar surface area (TPSA) is 35.9 Å². The quantitative estimate of drug-likeness (QED) is 0.816. The molecular weight excluding hydrogens is 240 g/mol. The van der Waals surface area contributed by atoms with Crippen LogP contribution in [0.1, 0.15) is 25.7 Å². The van der Waals surface area contributed by atoms with E-state index in [2.05, 4.69) is 29.0 Å². The summed E-state index contributed by atoms with van der Waals surface area (Å²) in [6.45, 7) is 1.15. The molecule has 0 aromatic heterocycles. The molecule has 2 aliphatic heterocycles. The first-order valence-electron chi connectivity index (χ1n) is 7.29. The lowest BCUT2D eigenvalue weighted by molar-refractivity contribution is -0.0129. The summed E-state index contributed by atoms with van der Waals surface area (Å²) in [5.41, 5.74) is 1.30. The molecule has 2 fully saturated rings. The zero-order valence-corrected chi connectivity index (χ0v) is 11.8. The number of nitrogens with zero attached hydrogens (tertiary/aromatic N) is 2. The van der Waals surface area contributed by atoms with E-state index in [1.807, 2.05) is 13.2 Å². The Morgan fingerprint density at radius 1 is 1.37 bits per heavy atom. The maximum absolute atomic E-state index is 9.58. The van der Waals surface area contributed by atoms with E-state index in [0.29, 0.717) is 12.2 Å². The van der Waals surface area contributed by atoms with Crippen molar-refractivity contribution in [2.24, 2.45) is 0 Å². The van der Waals surface area contributed by atoms with E-state index in [1.54, 1.807) is 0 Å². The molecule has 2 heterocycles. The van der Waals surface area contributed by atoms with Crippen LogP contribution in [0.5, 0.6) is 0 Å². The van der Waals surface area contributed by atoms with Gasteiger partial charge in [-0.05, 0) is 31.9 Å². The van der Waals surface area contributed by atoms with E-state index in [1.165, 1.54) is 24.8 Å². The molecular formula is C15H24N2O2. The SMILES string of the molecule is COC1C2CCCCN2C(C2=CCC(O)C=C2)N1C. The third-order valence-electron chi connectivity index (χ3n) is 4.67. The van der Waals surface area contributed by atoms with E-state index in [4.69, 9.17) is 4.74 Å². The Kier molecular flexibility index (Phi) is 3.76. The van der Waals surface area contributed by atoms with Crippen molar-refractivity contribution in [3.8, 4) is 0 Å². The van der Waals surface area contributed by atoms with Gasteiger partial charge in [-0.3, -0.25) is 9.80 Å². The van der Waals surface area contributed by atoms with Gasteiger partial charge in [0, 0.05) is 13.7 Å². The lowest BCUT2D eigenvalue weighted by Crippen LogP contribution is -2.43. The summed E-state index contributed by atoms with van der Waals surface area (Å²) in [6, 6.07) is 0.509. The molecule has 3 rings (SSSR count). The van der Waals surface area contributed by atoms with Gasteiger partial charge in [0.1, 0.15) is 6.23 Å².